The van der Waals surface area contributed by atoms with E-state index in [9.17, 15) is 14.0 Å². The number of amides is 2. The maximum atomic E-state index is 13.8. The van der Waals surface area contributed by atoms with Crippen molar-refractivity contribution in [1.29, 1.82) is 0 Å². The number of para-hydroxylation sites is 1. The van der Waals surface area contributed by atoms with Gasteiger partial charge in [-0.2, -0.15) is 0 Å². The quantitative estimate of drug-likeness (QED) is 0.578. The first-order chi connectivity index (χ1) is 12.6. The molecular formula is C19H17FN2O3S. The zero-order valence-electron chi connectivity index (χ0n) is 13.8. The monoisotopic (exact) mass is 372 g/mol. The predicted octanol–water partition coefficient (Wildman–Crippen LogP) is 2.77. The molecule has 2 aromatic carbocycles. The lowest BCUT2D eigenvalue weighted by Gasteiger charge is -2.15. The van der Waals surface area contributed by atoms with E-state index in [1.54, 1.807) is 24.3 Å². The van der Waals surface area contributed by atoms with Crippen LogP contribution in [-0.2, 0) is 15.3 Å². The Morgan fingerprint density at radius 2 is 1.81 bits per heavy atom. The fourth-order valence-electron chi connectivity index (χ4n) is 2.52. The van der Waals surface area contributed by atoms with Crippen LogP contribution in [-0.4, -0.2) is 35.0 Å². The average Bonchev–Trinajstić information content (AvgIpc) is 2.90. The van der Waals surface area contributed by atoms with E-state index in [0.29, 0.717) is 17.0 Å². The number of imide groups is 1. The molecule has 134 valence electrons. The number of carbonyl (C=O) groups excluding carboxylic acids is 2. The maximum Gasteiger partial charge on any atom is 0.277 e. The second-order valence-corrected chi connectivity index (χ2v) is 6.60. The Bertz CT molecular complexity index is 869. The lowest BCUT2D eigenvalue weighted by molar-refractivity contribution is -0.137. The van der Waals surface area contributed by atoms with Crippen LogP contribution in [0.25, 0.3) is 0 Å². The minimum absolute atomic E-state index is 0.0387. The van der Waals surface area contributed by atoms with Crippen LogP contribution in [0.2, 0.25) is 0 Å². The van der Waals surface area contributed by atoms with E-state index in [1.165, 1.54) is 23.9 Å². The third kappa shape index (κ3) is 3.95. The average molecular weight is 372 g/mol. The van der Waals surface area contributed by atoms with Crippen LogP contribution in [0.5, 0.6) is 0 Å². The van der Waals surface area contributed by atoms with Gasteiger partial charge < -0.3 is 10.4 Å². The number of nitrogens with zero attached hydrogens (tertiary/aromatic N) is 1. The van der Waals surface area contributed by atoms with Gasteiger partial charge in [0.1, 0.15) is 11.5 Å². The summed E-state index contributed by atoms with van der Waals surface area (Å²) in [5, 5.41) is 11.9. The largest absolute Gasteiger partial charge is 0.395 e. The number of anilines is 1. The highest BCUT2D eigenvalue weighted by molar-refractivity contribution is 7.98. The summed E-state index contributed by atoms with van der Waals surface area (Å²) in [5.41, 5.74) is 1.40. The van der Waals surface area contributed by atoms with Gasteiger partial charge in [0, 0.05) is 16.7 Å². The van der Waals surface area contributed by atoms with Crippen molar-refractivity contribution < 1.29 is 19.1 Å². The Labute approximate surface area is 154 Å². The van der Waals surface area contributed by atoms with Crippen LogP contribution in [0.1, 0.15) is 5.56 Å². The number of β-amino-alcohol motifs (C(OH)–C–C–N with tert-alkyl or cyclic N) is 1. The van der Waals surface area contributed by atoms with Crippen LogP contribution in [0, 0.1) is 5.82 Å². The number of carbonyl (C=O) groups is 2. The van der Waals surface area contributed by atoms with Crippen molar-refractivity contribution >= 4 is 29.3 Å². The Hall–Kier alpha value is -2.64. The number of benzene rings is 2. The highest BCUT2D eigenvalue weighted by Gasteiger charge is 2.30. The van der Waals surface area contributed by atoms with Crippen molar-refractivity contribution in [2.75, 3.05) is 18.5 Å². The lowest BCUT2D eigenvalue weighted by Crippen LogP contribution is -2.34. The molecule has 5 nitrogen and oxygen atoms in total. The molecule has 2 N–H and O–H groups in total. The fraction of sp³-hybridized carbons (Fsp3) is 0.158. The number of halogens is 1. The first-order valence-corrected chi connectivity index (χ1v) is 8.99. The molecule has 0 radical (unpaired) electrons. The molecule has 0 saturated heterocycles. The Kier molecular flexibility index (Phi) is 5.70. The summed E-state index contributed by atoms with van der Waals surface area (Å²) in [4.78, 5) is 25.9. The molecule has 1 heterocycles. The van der Waals surface area contributed by atoms with Crippen LogP contribution in [0.3, 0.4) is 0 Å². The zero-order valence-corrected chi connectivity index (χ0v) is 14.6. The third-order valence-corrected chi connectivity index (χ3v) is 4.95. The van der Waals surface area contributed by atoms with Gasteiger partial charge in [0.05, 0.1) is 18.8 Å². The molecule has 0 unspecified atom stereocenters. The van der Waals surface area contributed by atoms with Crippen LogP contribution >= 0.6 is 11.8 Å². The Balaban J connectivity index is 1.74. The first-order valence-electron chi connectivity index (χ1n) is 8.01. The molecule has 2 amide bonds. The number of rotatable bonds is 7. The molecule has 0 saturated carbocycles. The summed E-state index contributed by atoms with van der Waals surface area (Å²) in [5.74, 6) is -0.751. The molecule has 0 fully saturated rings. The van der Waals surface area contributed by atoms with Gasteiger partial charge in [-0.05, 0) is 23.8 Å². The number of hydrogen-bond donors (Lipinski definition) is 2. The summed E-state index contributed by atoms with van der Waals surface area (Å²) in [6, 6.07) is 13.9. The molecule has 2 aromatic rings. The van der Waals surface area contributed by atoms with E-state index >= 15 is 0 Å². The fourth-order valence-corrected chi connectivity index (χ4v) is 3.52. The highest BCUT2D eigenvalue weighted by atomic mass is 32.2. The summed E-state index contributed by atoms with van der Waals surface area (Å²) in [6.07, 6.45) is 1.22. The normalized spacial score (nSPS) is 13.9. The lowest BCUT2D eigenvalue weighted by atomic mass is 10.2. The minimum atomic E-state index is -0.474. The second kappa shape index (κ2) is 8.16. The predicted molar refractivity (Wildman–Crippen MR) is 97.9 cm³/mol. The van der Waals surface area contributed by atoms with Crippen molar-refractivity contribution in [3.63, 3.8) is 0 Å². The third-order valence-electron chi connectivity index (χ3n) is 3.83. The van der Waals surface area contributed by atoms with E-state index in [-0.39, 0.29) is 24.7 Å². The van der Waals surface area contributed by atoms with Crippen molar-refractivity contribution in [2.45, 2.75) is 10.6 Å². The SMILES string of the molecule is O=C1C=C(Nc2ccccc2SCc2ccccc2F)C(=O)N1CCO. The molecule has 1 aliphatic heterocycles. The van der Waals surface area contributed by atoms with Gasteiger partial charge in [-0.15, -0.1) is 11.8 Å². The summed E-state index contributed by atoms with van der Waals surface area (Å²) >= 11 is 1.43. The van der Waals surface area contributed by atoms with Crippen molar-refractivity contribution in [2.24, 2.45) is 0 Å². The molecule has 0 aromatic heterocycles. The molecule has 0 bridgehead atoms. The van der Waals surface area contributed by atoms with Gasteiger partial charge in [0.25, 0.3) is 11.8 Å². The van der Waals surface area contributed by atoms with Crippen molar-refractivity contribution in [1.82, 2.24) is 4.90 Å². The van der Waals surface area contributed by atoms with Gasteiger partial charge in [-0.1, -0.05) is 30.3 Å². The standard InChI is InChI=1S/C19H17FN2O3S/c20-14-6-2-1-5-13(14)12-26-17-8-4-3-7-15(17)21-16-11-18(24)22(9-10-23)19(16)25/h1-8,11,21,23H,9-10,12H2. The van der Waals surface area contributed by atoms with Gasteiger partial charge in [-0.3, -0.25) is 14.5 Å². The summed E-state index contributed by atoms with van der Waals surface area (Å²) < 4.78 is 13.8. The van der Waals surface area contributed by atoms with Crippen molar-refractivity contribution in [3.8, 4) is 0 Å². The van der Waals surface area contributed by atoms with Crippen LogP contribution < -0.4 is 5.32 Å². The topological polar surface area (TPSA) is 69.6 Å². The highest BCUT2D eigenvalue weighted by Crippen LogP contribution is 2.31. The molecule has 0 spiro atoms. The Morgan fingerprint density at radius 1 is 1.08 bits per heavy atom. The van der Waals surface area contributed by atoms with Gasteiger partial charge in [0.15, 0.2) is 0 Å². The number of aliphatic hydroxyl groups excluding tert-OH is 1. The van der Waals surface area contributed by atoms with E-state index < -0.39 is 11.8 Å². The number of thioether (sulfide) groups is 1. The molecular weight excluding hydrogens is 355 g/mol. The van der Waals surface area contributed by atoms with Crippen molar-refractivity contribution in [3.05, 3.63) is 71.7 Å². The zero-order chi connectivity index (χ0) is 18.5. The molecule has 7 heteroatoms. The molecule has 0 atom stereocenters. The molecule has 3 rings (SSSR count). The number of aliphatic hydroxyl groups is 1. The van der Waals surface area contributed by atoms with Gasteiger partial charge >= 0.3 is 0 Å². The maximum absolute atomic E-state index is 13.8. The van der Waals surface area contributed by atoms with E-state index in [1.807, 2.05) is 18.2 Å². The Morgan fingerprint density at radius 3 is 2.58 bits per heavy atom. The molecule has 0 aliphatic carbocycles. The first kappa shape index (κ1) is 18.2. The summed E-state index contributed by atoms with van der Waals surface area (Å²) in [6.45, 7) is -0.323. The minimum Gasteiger partial charge on any atom is -0.395 e. The van der Waals surface area contributed by atoms with Crippen LogP contribution in [0.15, 0.2) is 65.2 Å². The number of nitrogens with one attached hydrogen (secondary N) is 1. The smallest absolute Gasteiger partial charge is 0.277 e. The van der Waals surface area contributed by atoms with E-state index in [2.05, 4.69) is 5.32 Å². The van der Waals surface area contributed by atoms with Gasteiger partial charge in [-0.25, -0.2) is 4.39 Å². The molecule has 1 aliphatic rings. The van der Waals surface area contributed by atoms with E-state index in [4.69, 9.17) is 5.11 Å². The van der Waals surface area contributed by atoms with E-state index in [0.717, 1.165) is 9.80 Å². The number of hydrogen-bond acceptors (Lipinski definition) is 5. The van der Waals surface area contributed by atoms with Crippen LogP contribution in [0.4, 0.5) is 10.1 Å². The van der Waals surface area contributed by atoms with Gasteiger partial charge in [0.2, 0.25) is 0 Å². The summed E-state index contributed by atoms with van der Waals surface area (Å²) in [7, 11) is 0. The second-order valence-electron chi connectivity index (χ2n) is 5.58. The molecule has 26 heavy (non-hydrogen) atoms.